The average Bonchev–Trinajstić information content (AvgIpc) is 2.98. The van der Waals surface area contributed by atoms with Crippen molar-refractivity contribution in [1.82, 2.24) is 4.57 Å². The van der Waals surface area contributed by atoms with Gasteiger partial charge in [0.05, 0.1) is 33.4 Å². The van der Waals surface area contributed by atoms with E-state index in [1.807, 2.05) is 18.4 Å². The molecule has 26 heavy (non-hydrogen) atoms. The van der Waals surface area contributed by atoms with Gasteiger partial charge in [-0.15, -0.1) is 0 Å². The van der Waals surface area contributed by atoms with Crippen molar-refractivity contribution in [2.24, 2.45) is 0 Å². The van der Waals surface area contributed by atoms with E-state index in [-0.39, 0.29) is 17.5 Å². The van der Waals surface area contributed by atoms with Crippen molar-refractivity contribution in [3.05, 3.63) is 74.5 Å². The second-order valence-electron chi connectivity index (χ2n) is 6.13. The maximum atomic E-state index is 11.2. The number of nitrogens with zero attached hydrogens (tertiary/aromatic N) is 3. The summed E-state index contributed by atoms with van der Waals surface area (Å²) in [4.78, 5) is 21.4. The fourth-order valence-electron chi connectivity index (χ4n) is 2.86. The molecule has 0 amide bonds. The van der Waals surface area contributed by atoms with Crippen LogP contribution in [0.25, 0.3) is 10.9 Å². The van der Waals surface area contributed by atoms with E-state index in [0.29, 0.717) is 28.8 Å². The highest BCUT2D eigenvalue weighted by Crippen LogP contribution is 2.30. The molecule has 0 N–H and O–H groups in total. The summed E-state index contributed by atoms with van der Waals surface area (Å²) in [5, 5.41) is 22.8. The molecule has 134 valence electrons. The topological polar surface area (TPSA) is 100 Å². The number of hydrogen-bond donors (Lipinski definition) is 0. The lowest BCUT2D eigenvalue weighted by Crippen LogP contribution is -2.09. The maximum Gasteiger partial charge on any atom is 0.278 e. The SMILES string of the molecule is CC(C)Oc1ccc([N+](=O)[O-])cc1Cn1ccc2c([N+](=O)[O-])cccc21. The Morgan fingerprint density at radius 2 is 1.85 bits per heavy atom. The lowest BCUT2D eigenvalue weighted by molar-refractivity contribution is -0.385. The normalized spacial score (nSPS) is 11.0. The lowest BCUT2D eigenvalue weighted by atomic mass is 10.1. The summed E-state index contributed by atoms with van der Waals surface area (Å²) < 4.78 is 7.57. The molecule has 3 aromatic rings. The van der Waals surface area contributed by atoms with Gasteiger partial charge in [-0.1, -0.05) is 6.07 Å². The summed E-state index contributed by atoms with van der Waals surface area (Å²) >= 11 is 0. The van der Waals surface area contributed by atoms with Gasteiger partial charge in [0.1, 0.15) is 5.75 Å². The summed E-state index contributed by atoms with van der Waals surface area (Å²) in [6.45, 7) is 4.05. The smallest absolute Gasteiger partial charge is 0.278 e. The molecule has 3 rings (SSSR count). The van der Waals surface area contributed by atoms with Crippen molar-refractivity contribution in [2.45, 2.75) is 26.5 Å². The number of non-ortho nitro benzene ring substituents is 2. The van der Waals surface area contributed by atoms with E-state index in [2.05, 4.69) is 0 Å². The van der Waals surface area contributed by atoms with Gasteiger partial charge in [-0.05, 0) is 32.0 Å². The van der Waals surface area contributed by atoms with Crippen molar-refractivity contribution < 1.29 is 14.6 Å². The van der Waals surface area contributed by atoms with Crippen LogP contribution in [0.5, 0.6) is 5.75 Å². The minimum absolute atomic E-state index is 0.0268. The highest BCUT2D eigenvalue weighted by atomic mass is 16.6. The number of hydrogen-bond acceptors (Lipinski definition) is 5. The molecule has 0 aliphatic carbocycles. The van der Waals surface area contributed by atoms with Crippen LogP contribution >= 0.6 is 0 Å². The van der Waals surface area contributed by atoms with E-state index in [9.17, 15) is 20.2 Å². The van der Waals surface area contributed by atoms with Gasteiger partial charge < -0.3 is 9.30 Å². The molecule has 0 spiro atoms. The van der Waals surface area contributed by atoms with Crippen molar-refractivity contribution in [3.63, 3.8) is 0 Å². The Hall–Kier alpha value is -3.42. The maximum absolute atomic E-state index is 11.2. The summed E-state index contributed by atoms with van der Waals surface area (Å²) in [5.41, 5.74) is 1.32. The quantitative estimate of drug-likeness (QED) is 0.485. The van der Waals surface area contributed by atoms with Crippen LogP contribution in [0, 0.1) is 20.2 Å². The van der Waals surface area contributed by atoms with E-state index in [1.54, 1.807) is 30.5 Å². The molecule has 0 atom stereocenters. The number of nitro benzene ring substituents is 2. The lowest BCUT2D eigenvalue weighted by Gasteiger charge is -2.15. The van der Waals surface area contributed by atoms with Crippen molar-refractivity contribution in [3.8, 4) is 5.75 Å². The van der Waals surface area contributed by atoms with Gasteiger partial charge in [-0.3, -0.25) is 20.2 Å². The number of fused-ring (bicyclic) bond motifs is 1. The first-order chi connectivity index (χ1) is 12.4. The minimum Gasteiger partial charge on any atom is -0.491 e. The molecule has 1 aromatic heterocycles. The summed E-state index contributed by atoms with van der Waals surface area (Å²) in [5.74, 6) is 0.554. The molecule has 0 saturated heterocycles. The standard InChI is InChI=1S/C18H17N3O5/c1-12(2)26-18-7-6-14(20(22)23)10-13(18)11-19-9-8-15-16(19)4-3-5-17(15)21(24)25/h3-10,12H,11H2,1-2H3. The second-order valence-corrected chi connectivity index (χ2v) is 6.13. The Bertz CT molecular complexity index is 994. The predicted octanol–water partition coefficient (Wildman–Crippen LogP) is 4.29. The molecule has 1 heterocycles. The predicted molar refractivity (Wildman–Crippen MR) is 96.6 cm³/mol. The Labute approximate surface area is 148 Å². The summed E-state index contributed by atoms with van der Waals surface area (Å²) in [6, 6.07) is 11.0. The zero-order chi connectivity index (χ0) is 18.8. The average molecular weight is 355 g/mol. The van der Waals surface area contributed by atoms with Gasteiger partial charge in [0, 0.05) is 30.0 Å². The third kappa shape index (κ3) is 3.34. The Balaban J connectivity index is 2.06. The number of benzene rings is 2. The van der Waals surface area contributed by atoms with E-state index < -0.39 is 9.85 Å². The molecule has 8 nitrogen and oxygen atoms in total. The van der Waals surface area contributed by atoms with Gasteiger partial charge in [0.15, 0.2) is 0 Å². The molecule has 8 heteroatoms. The highest BCUT2D eigenvalue weighted by molar-refractivity contribution is 5.89. The van der Waals surface area contributed by atoms with Gasteiger partial charge >= 0.3 is 0 Å². The van der Waals surface area contributed by atoms with Gasteiger partial charge in [-0.2, -0.15) is 0 Å². The minimum atomic E-state index is -0.457. The van der Waals surface area contributed by atoms with E-state index in [1.165, 1.54) is 18.2 Å². The zero-order valence-electron chi connectivity index (χ0n) is 14.3. The summed E-state index contributed by atoms with van der Waals surface area (Å²) in [7, 11) is 0. The Kier molecular flexibility index (Phi) is 4.57. The molecule has 0 unspecified atom stereocenters. The van der Waals surface area contributed by atoms with Crippen LogP contribution in [0.15, 0.2) is 48.7 Å². The van der Waals surface area contributed by atoms with Crippen LogP contribution in [0.2, 0.25) is 0 Å². The Morgan fingerprint density at radius 1 is 1.08 bits per heavy atom. The number of aromatic nitrogens is 1. The summed E-state index contributed by atoms with van der Waals surface area (Å²) in [6.07, 6.45) is 1.65. The fourth-order valence-corrected chi connectivity index (χ4v) is 2.86. The molecule has 0 aliphatic heterocycles. The van der Waals surface area contributed by atoms with Crippen LogP contribution in [0.4, 0.5) is 11.4 Å². The molecule has 2 aromatic carbocycles. The molecular formula is C18H17N3O5. The largest absolute Gasteiger partial charge is 0.491 e. The van der Waals surface area contributed by atoms with Crippen molar-refractivity contribution in [2.75, 3.05) is 0 Å². The number of nitro groups is 2. The first-order valence-corrected chi connectivity index (χ1v) is 8.03. The fraction of sp³-hybridized carbons (Fsp3) is 0.222. The van der Waals surface area contributed by atoms with Gasteiger partial charge in [0.25, 0.3) is 11.4 Å². The second kappa shape index (κ2) is 6.83. The molecule has 0 radical (unpaired) electrons. The number of ether oxygens (including phenoxy) is 1. The van der Waals surface area contributed by atoms with Gasteiger partial charge in [0.2, 0.25) is 0 Å². The monoisotopic (exact) mass is 355 g/mol. The van der Waals surface area contributed by atoms with Crippen LogP contribution in [0.3, 0.4) is 0 Å². The number of rotatable bonds is 6. The van der Waals surface area contributed by atoms with E-state index >= 15 is 0 Å². The van der Waals surface area contributed by atoms with E-state index in [4.69, 9.17) is 4.74 Å². The first kappa shape index (κ1) is 17.4. The first-order valence-electron chi connectivity index (χ1n) is 8.03. The molecule has 0 fully saturated rings. The zero-order valence-corrected chi connectivity index (χ0v) is 14.3. The van der Waals surface area contributed by atoms with Gasteiger partial charge in [-0.25, -0.2) is 0 Å². The third-order valence-corrected chi connectivity index (χ3v) is 3.95. The van der Waals surface area contributed by atoms with Crippen LogP contribution in [0.1, 0.15) is 19.4 Å². The van der Waals surface area contributed by atoms with Crippen LogP contribution < -0.4 is 4.74 Å². The third-order valence-electron chi connectivity index (χ3n) is 3.95. The Morgan fingerprint density at radius 3 is 2.50 bits per heavy atom. The van der Waals surface area contributed by atoms with E-state index in [0.717, 1.165) is 0 Å². The highest BCUT2D eigenvalue weighted by Gasteiger charge is 2.17. The van der Waals surface area contributed by atoms with Crippen LogP contribution in [-0.4, -0.2) is 20.5 Å². The van der Waals surface area contributed by atoms with Crippen molar-refractivity contribution in [1.29, 1.82) is 0 Å². The molecule has 0 aliphatic rings. The van der Waals surface area contributed by atoms with Crippen molar-refractivity contribution >= 4 is 22.3 Å². The van der Waals surface area contributed by atoms with Crippen LogP contribution in [-0.2, 0) is 6.54 Å². The molecule has 0 bridgehead atoms. The molecular weight excluding hydrogens is 338 g/mol. The molecule has 0 saturated carbocycles.